The van der Waals surface area contributed by atoms with E-state index in [-0.39, 0.29) is 154 Å². The van der Waals surface area contributed by atoms with E-state index < -0.39 is 10.4 Å². The summed E-state index contributed by atoms with van der Waals surface area (Å²) in [4.78, 5) is 0. The molecule has 2 N–H and O–H groups in total. The molecule has 0 atom stereocenters. The average Bonchev–Trinajstić information content (AvgIpc) is 0.722. The normalized spacial score (nSPS) is 7.25. The van der Waals surface area contributed by atoms with E-state index in [4.69, 9.17) is 17.5 Å². The molecule has 0 aromatic rings. The van der Waals surface area contributed by atoms with E-state index in [0.717, 1.165) is 0 Å². The molecule has 38 valence electrons. The zero-order chi connectivity index (χ0) is 4.50. The van der Waals surface area contributed by atoms with Crippen molar-refractivity contribution in [3.8, 4) is 0 Å². The van der Waals surface area contributed by atoms with Crippen LogP contribution in [0.3, 0.4) is 0 Å². The molecule has 0 aromatic heterocycles. The van der Waals surface area contributed by atoms with E-state index in [9.17, 15) is 0 Å². The van der Waals surface area contributed by atoms with Crippen molar-refractivity contribution in [1.82, 2.24) is 0 Å². The van der Waals surface area contributed by atoms with Gasteiger partial charge in [0.25, 0.3) is 0 Å². The van der Waals surface area contributed by atoms with Crippen LogP contribution in [0, 0.1) is 0 Å². The maximum atomic E-state index is 8.74. The third-order valence-electron chi connectivity index (χ3n) is 0. The van der Waals surface area contributed by atoms with Gasteiger partial charge < -0.3 is 0 Å². The molecule has 8 heteroatoms. The van der Waals surface area contributed by atoms with Gasteiger partial charge >= 0.3 is 165 Å². The van der Waals surface area contributed by atoms with Gasteiger partial charge in [0.05, 0.1) is 0 Å². The summed E-state index contributed by atoms with van der Waals surface area (Å²) >= 11 is 0. The average molecular weight is 218 g/mol. The Balaban J connectivity index is -0.0000000267. The summed E-state index contributed by atoms with van der Waals surface area (Å²) in [6.07, 6.45) is 0. The molecule has 0 fully saturated rings. The fourth-order valence-corrected chi connectivity index (χ4v) is 0. The van der Waals surface area contributed by atoms with Gasteiger partial charge in [0.15, 0.2) is 0 Å². The zero-order valence-electron chi connectivity index (χ0n) is 2.12. The Kier molecular flexibility index (Phi) is 33.9. The Bertz CT molecular complexity index is 94.5. The quantitative estimate of drug-likeness (QED) is 0.345. The summed E-state index contributed by atoms with van der Waals surface area (Å²) in [6.45, 7) is 0. The molecule has 0 unspecified atom stereocenters. The van der Waals surface area contributed by atoms with Gasteiger partial charge in [-0.2, -0.15) is 8.42 Å². The molecule has 0 aliphatic heterocycles. The molecular formula is H5K3O4S. The van der Waals surface area contributed by atoms with Crippen LogP contribution in [0.5, 0.6) is 0 Å². The third-order valence-corrected chi connectivity index (χ3v) is 0. The van der Waals surface area contributed by atoms with Crippen molar-refractivity contribution in [2.75, 3.05) is 0 Å². The first-order valence-electron chi connectivity index (χ1n) is 0.698. The zero-order valence-corrected chi connectivity index (χ0v) is 2.94. The molecule has 0 spiro atoms. The van der Waals surface area contributed by atoms with Crippen molar-refractivity contribution >= 4 is 165 Å². The second-order valence-corrected chi connectivity index (χ2v) is 1.34. The van der Waals surface area contributed by atoms with Crippen molar-refractivity contribution in [2.24, 2.45) is 0 Å². The standard InChI is InChI=1S/3K.H2O4S.3H/c;;;1-5(2,3)4;;;/h;;;(H2,1,2,3,4);;;. The van der Waals surface area contributed by atoms with Crippen LogP contribution in [0.25, 0.3) is 0 Å². The molecule has 0 amide bonds. The van der Waals surface area contributed by atoms with Crippen LogP contribution < -0.4 is 0 Å². The molecule has 0 bridgehead atoms. The van der Waals surface area contributed by atoms with E-state index in [1.807, 2.05) is 0 Å². The number of rotatable bonds is 0. The molecule has 0 aromatic carbocycles. The fraction of sp³-hybridized carbons (Fsp3) is 0. The van der Waals surface area contributed by atoms with E-state index in [1.165, 1.54) is 0 Å². The van der Waals surface area contributed by atoms with Gasteiger partial charge in [-0.25, -0.2) is 0 Å². The molecule has 0 aliphatic carbocycles. The summed E-state index contributed by atoms with van der Waals surface area (Å²) < 4.78 is 31.6. The van der Waals surface area contributed by atoms with E-state index in [0.29, 0.717) is 0 Å². The Hall–Kier alpha value is 4.78. The Morgan fingerprint density at radius 2 is 0.875 bits per heavy atom. The molecule has 0 heterocycles. The van der Waals surface area contributed by atoms with Crippen molar-refractivity contribution < 1.29 is 17.5 Å². The predicted octanol–water partition coefficient (Wildman–Crippen LogP) is -2.60. The topological polar surface area (TPSA) is 74.6 Å². The van der Waals surface area contributed by atoms with Crippen LogP contribution in [0.4, 0.5) is 0 Å². The molecular weight excluding hydrogens is 213 g/mol. The molecule has 0 saturated heterocycles. The second-order valence-electron chi connectivity index (χ2n) is 0.448. The summed E-state index contributed by atoms with van der Waals surface area (Å²) in [6, 6.07) is 0. The van der Waals surface area contributed by atoms with Crippen molar-refractivity contribution in [3.05, 3.63) is 0 Å². The first-order chi connectivity index (χ1) is 2.00. The third kappa shape index (κ3) is 45.1. The van der Waals surface area contributed by atoms with Gasteiger partial charge in [-0.1, -0.05) is 0 Å². The number of hydrogen-bond donors (Lipinski definition) is 2. The van der Waals surface area contributed by atoms with Crippen LogP contribution >= 0.6 is 0 Å². The van der Waals surface area contributed by atoms with Crippen molar-refractivity contribution in [3.63, 3.8) is 0 Å². The van der Waals surface area contributed by atoms with Crippen LogP contribution in [0.1, 0.15) is 0 Å². The molecule has 0 rings (SSSR count). The molecule has 4 nitrogen and oxygen atoms in total. The maximum absolute atomic E-state index is 8.74. The summed E-state index contributed by atoms with van der Waals surface area (Å²) in [5.41, 5.74) is 0. The van der Waals surface area contributed by atoms with Crippen LogP contribution in [0.15, 0.2) is 0 Å². The molecule has 8 heavy (non-hydrogen) atoms. The van der Waals surface area contributed by atoms with Gasteiger partial charge in [0.1, 0.15) is 0 Å². The fourth-order valence-electron chi connectivity index (χ4n) is 0. The van der Waals surface area contributed by atoms with Crippen LogP contribution in [-0.4, -0.2) is 172 Å². The molecule has 0 saturated carbocycles. The number of hydrogen-bond acceptors (Lipinski definition) is 2. The SMILES string of the molecule is O=S(=O)(O)O.[KH].[KH].[KH]. The van der Waals surface area contributed by atoms with Crippen molar-refractivity contribution in [1.29, 1.82) is 0 Å². The molecule has 0 aliphatic rings. The van der Waals surface area contributed by atoms with Gasteiger partial charge in [0, 0.05) is 0 Å². The summed E-state index contributed by atoms with van der Waals surface area (Å²) in [5, 5.41) is 0. The minimum absolute atomic E-state index is 0. The Morgan fingerprint density at radius 3 is 0.875 bits per heavy atom. The summed E-state index contributed by atoms with van der Waals surface area (Å²) in [5.74, 6) is 0. The minimum atomic E-state index is -4.67. The van der Waals surface area contributed by atoms with Crippen LogP contribution in [-0.2, 0) is 10.4 Å². The van der Waals surface area contributed by atoms with Crippen molar-refractivity contribution in [2.45, 2.75) is 0 Å². The van der Waals surface area contributed by atoms with Gasteiger partial charge in [-0.15, -0.1) is 0 Å². The monoisotopic (exact) mass is 218 g/mol. The first kappa shape index (κ1) is 23.0. The van der Waals surface area contributed by atoms with Gasteiger partial charge in [0.2, 0.25) is 0 Å². The molecule has 0 radical (unpaired) electrons. The Morgan fingerprint density at radius 1 is 0.875 bits per heavy atom. The first-order valence-corrected chi connectivity index (χ1v) is 2.10. The van der Waals surface area contributed by atoms with Gasteiger partial charge in [-0.3, -0.25) is 9.11 Å². The summed E-state index contributed by atoms with van der Waals surface area (Å²) in [7, 11) is -4.67. The predicted molar refractivity (Wildman–Crippen MR) is 35.6 cm³/mol. The van der Waals surface area contributed by atoms with E-state index in [2.05, 4.69) is 0 Å². The van der Waals surface area contributed by atoms with Crippen LogP contribution in [0.2, 0.25) is 0 Å². The van der Waals surface area contributed by atoms with E-state index >= 15 is 0 Å². The van der Waals surface area contributed by atoms with E-state index in [1.54, 1.807) is 0 Å². The second kappa shape index (κ2) is 11.8. The Labute approximate surface area is 176 Å². The van der Waals surface area contributed by atoms with Gasteiger partial charge in [-0.05, 0) is 0 Å².